The van der Waals surface area contributed by atoms with Crippen LogP contribution in [0.1, 0.15) is 11.1 Å². The minimum Gasteiger partial charge on any atom is -0.309 e. The standard InChI is InChI=1S/C60H36N6/c61-37-39-30-32-44(43(34-39)38-62)42-31-33-57-50(35-42)47-22-9-13-27-55(47)66(57)58-29-15-24-49(60-63-51(40-16-3-1-4-17-40)36-52(64-60)41-18-5-2-6-19-41)59(58)48-23-10-14-28-56(48)65-53-25-11-7-20-45(53)46-21-8-12-26-54(46)65/h1-36H. The van der Waals surface area contributed by atoms with E-state index < -0.39 is 0 Å². The van der Waals surface area contributed by atoms with E-state index in [0.29, 0.717) is 17.0 Å². The van der Waals surface area contributed by atoms with Crippen LogP contribution in [0.4, 0.5) is 0 Å². The molecule has 66 heavy (non-hydrogen) atoms. The van der Waals surface area contributed by atoms with Crippen LogP contribution in [0.3, 0.4) is 0 Å². The highest BCUT2D eigenvalue weighted by molar-refractivity contribution is 6.13. The Labute approximate surface area is 380 Å². The topological polar surface area (TPSA) is 83.2 Å². The molecular weight excluding hydrogens is 805 g/mol. The summed E-state index contributed by atoms with van der Waals surface area (Å²) in [6.07, 6.45) is 0. The van der Waals surface area contributed by atoms with Crippen molar-refractivity contribution in [2.45, 2.75) is 0 Å². The van der Waals surface area contributed by atoms with Crippen LogP contribution in [-0.4, -0.2) is 19.1 Å². The molecule has 0 aliphatic heterocycles. The molecule has 0 radical (unpaired) electrons. The van der Waals surface area contributed by atoms with E-state index in [2.05, 4.69) is 185 Å². The van der Waals surface area contributed by atoms with E-state index in [4.69, 9.17) is 9.97 Å². The first-order valence-corrected chi connectivity index (χ1v) is 21.9. The highest BCUT2D eigenvalue weighted by Gasteiger charge is 2.25. The summed E-state index contributed by atoms with van der Waals surface area (Å²) in [6, 6.07) is 79.8. The minimum absolute atomic E-state index is 0.454. The predicted octanol–water partition coefficient (Wildman–Crippen LogP) is 14.7. The highest BCUT2D eigenvalue weighted by Crippen LogP contribution is 2.45. The van der Waals surface area contributed by atoms with Gasteiger partial charge in [0.05, 0.1) is 68.1 Å². The summed E-state index contributed by atoms with van der Waals surface area (Å²) in [7, 11) is 0. The van der Waals surface area contributed by atoms with Crippen molar-refractivity contribution in [3.8, 4) is 79.7 Å². The fourth-order valence-corrected chi connectivity index (χ4v) is 9.70. The number of hydrogen-bond acceptors (Lipinski definition) is 4. The van der Waals surface area contributed by atoms with Crippen molar-refractivity contribution in [1.29, 1.82) is 10.5 Å². The molecule has 0 atom stereocenters. The van der Waals surface area contributed by atoms with Crippen LogP contribution in [0, 0.1) is 22.7 Å². The predicted molar refractivity (Wildman–Crippen MR) is 267 cm³/mol. The number of fused-ring (bicyclic) bond motifs is 6. The molecule has 0 N–H and O–H groups in total. The molecule has 6 nitrogen and oxygen atoms in total. The van der Waals surface area contributed by atoms with Gasteiger partial charge in [0.15, 0.2) is 5.82 Å². The average molecular weight is 841 g/mol. The van der Waals surface area contributed by atoms with Gasteiger partial charge >= 0.3 is 0 Å². The summed E-state index contributed by atoms with van der Waals surface area (Å²) in [5, 5.41) is 24.3. The van der Waals surface area contributed by atoms with Crippen LogP contribution in [0.15, 0.2) is 218 Å². The number of hydrogen-bond donors (Lipinski definition) is 0. The molecule has 0 fully saturated rings. The normalized spacial score (nSPS) is 11.3. The second-order valence-corrected chi connectivity index (χ2v) is 16.3. The van der Waals surface area contributed by atoms with E-state index in [9.17, 15) is 10.5 Å². The Morgan fingerprint density at radius 3 is 1.48 bits per heavy atom. The first-order chi connectivity index (χ1) is 32.7. The molecule has 0 unspecified atom stereocenters. The van der Waals surface area contributed by atoms with Gasteiger partial charge in [0.25, 0.3) is 0 Å². The van der Waals surface area contributed by atoms with Gasteiger partial charge in [0.1, 0.15) is 0 Å². The lowest BCUT2D eigenvalue weighted by Crippen LogP contribution is -2.04. The van der Waals surface area contributed by atoms with Crippen molar-refractivity contribution in [1.82, 2.24) is 19.1 Å². The minimum atomic E-state index is 0.454. The maximum absolute atomic E-state index is 10.2. The van der Waals surface area contributed by atoms with Gasteiger partial charge in [-0.1, -0.05) is 158 Å². The van der Waals surface area contributed by atoms with Crippen LogP contribution >= 0.6 is 0 Å². The third-order valence-electron chi connectivity index (χ3n) is 12.6. The Hall–Kier alpha value is -9.36. The Morgan fingerprint density at radius 2 is 0.864 bits per heavy atom. The lowest BCUT2D eigenvalue weighted by molar-refractivity contribution is 1.15. The van der Waals surface area contributed by atoms with Gasteiger partial charge in [0, 0.05) is 49.4 Å². The number of para-hydroxylation sites is 4. The molecule has 0 saturated carbocycles. The van der Waals surface area contributed by atoms with Crippen molar-refractivity contribution in [3.63, 3.8) is 0 Å². The second-order valence-electron chi connectivity index (χ2n) is 16.3. The molecule has 3 aromatic heterocycles. The zero-order valence-electron chi connectivity index (χ0n) is 35.5. The molecule has 0 amide bonds. The number of aromatic nitrogens is 4. The maximum atomic E-state index is 10.2. The van der Waals surface area contributed by atoms with Crippen molar-refractivity contribution in [2.75, 3.05) is 0 Å². The Balaban J connectivity index is 1.19. The molecule has 0 spiro atoms. The summed E-state index contributed by atoms with van der Waals surface area (Å²) in [5.74, 6) is 0.608. The molecule has 3 heterocycles. The van der Waals surface area contributed by atoms with E-state index in [1.807, 2.05) is 42.5 Å². The quantitative estimate of drug-likeness (QED) is 0.160. The fourth-order valence-electron chi connectivity index (χ4n) is 9.70. The molecule has 306 valence electrons. The fraction of sp³-hybridized carbons (Fsp3) is 0. The Morgan fingerprint density at radius 1 is 0.348 bits per heavy atom. The van der Waals surface area contributed by atoms with Gasteiger partial charge in [-0.05, 0) is 71.8 Å². The van der Waals surface area contributed by atoms with Crippen molar-refractivity contribution in [2.24, 2.45) is 0 Å². The molecule has 6 heteroatoms. The monoisotopic (exact) mass is 840 g/mol. The lowest BCUT2D eigenvalue weighted by Gasteiger charge is -2.21. The van der Waals surface area contributed by atoms with Gasteiger partial charge in [0.2, 0.25) is 0 Å². The van der Waals surface area contributed by atoms with Crippen molar-refractivity contribution < 1.29 is 0 Å². The number of nitrogens with zero attached hydrogens (tertiary/aromatic N) is 6. The molecule has 12 rings (SSSR count). The summed E-state index contributed by atoms with van der Waals surface area (Å²) < 4.78 is 4.75. The van der Waals surface area contributed by atoms with E-state index in [1.165, 1.54) is 10.8 Å². The van der Waals surface area contributed by atoms with Crippen molar-refractivity contribution >= 4 is 43.6 Å². The summed E-state index contributed by atoms with van der Waals surface area (Å²) >= 11 is 0. The zero-order valence-corrected chi connectivity index (χ0v) is 35.5. The largest absolute Gasteiger partial charge is 0.309 e. The SMILES string of the molecule is N#Cc1ccc(-c2ccc3c(c2)c2ccccc2n3-c2cccc(-c3nc(-c4ccccc4)cc(-c4ccccc4)n3)c2-c2ccccc2-n2c3ccccc3c3ccccc32)c(C#N)c1. The summed E-state index contributed by atoms with van der Waals surface area (Å²) in [5.41, 5.74) is 15.4. The van der Waals surface area contributed by atoms with Gasteiger partial charge in [-0.2, -0.15) is 10.5 Å². The second kappa shape index (κ2) is 15.8. The first kappa shape index (κ1) is 38.3. The van der Waals surface area contributed by atoms with Gasteiger partial charge < -0.3 is 9.13 Å². The number of rotatable bonds is 7. The Kier molecular flexibility index (Phi) is 9.16. The first-order valence-electron chi connectivity index (χ1n) is 21.9. The molecule has 0 aliphatic carbocycles. The molecule has 0 bridgehead atoms. The molecular formula is C60H36N6. The maximum Gasteiger partial charge on any atom is 0.161 e. The Bertz CT molecular complexity index is 3850. The third kappa shape index (κ3) is 6.25. The highest BCUT2D eigenvalue weighted by atomic mass is 15.0. The summed E-state index contributed by atoms with van der Waals surface area (Å²) in [6.45, 7) is 0. The third-order valence-corrected chi connectivity index (χ3v) is 12.6. The van der Waals surface area contributed by atoms with E-state index in [-0.39, 0.29) is 0 Å². The van der Waals surface area contributed by atoms with Gasteiger partial charge in [-0.3, -0.25) is 0 Å². The van der Waals surface area contributed by atoms with Gasteiger partial charge in [-0.15, -0.1) is 0 Å². The lowest BCUT2D eigenvalue weighted by atomic mass is 9.94. The van der Waals surface area contributed by atoms with E-state index in [0.717, 1.165) is 94.5 Å². The van der Waals surface area contributed by atoms with Crippen LogP contribution in [0.25, 0.3) is 111 Å². The zero-order chi connectivity index (χ0) is 44.1. The smallest absolute Gasteiger partial charge is 0.161 e. The van der Waals surface area contributed by atoms with Crippen LogP contribution in [0.2, 0.25) is 0 Å². The molecule has 0 aliphatic rings. The van der Waals surface area contributed by atoms with Gasteiger partial charge in [-0.25, -0.2) is 9.97 Å². The van der Waals surface area contributed by atoms with Crippen LogP contribution in [-0.2, 0) is 0 Å². The molecule has 0 saturated heterocycles. The van der Waals surface area contributed by atoms with Crippen molar-refractivity contribution in [3.05, 3.63) is 230 Å². The number of benzene rings is 9. The van der Waals surface area contributed by atoms with Crippen LogP contribution < -0.4 is 0 Å². The molecule has 12 aromatic rings. The van der Waals surface area contributed by atoms with E-state index >= 15 is 0 Å². The average Bonchev–Trinajstić information content (AvgIpc) is 3.91. The van der Waals surface area contributed by atoms with E-state index in [1.54, 1.807) is 12.1 Å². The van der Waals surface area contributed by atoms with Crippen LogP contribution in [0.5, 0.6) is 0 Å². The summed E-state index contributed by atoms with van der Waals surface area (Å²) in [4.78, 5) is 10.9. The molecule has 9 aromatic carbocycles. The number of nitriles is 2.